The largest absolute Gasteiger partial charge is 0.338 e. The van der Waals surface area contributed by atoms with Crippen LogP contribution < -0.4 is 0 Å². The summed E-state index contributed by atoms with van der Waals surface area (Å²) in [6.07, 6.45) is 7.23. The monoisotopic (exact) mass is 434 g/mol. The standard InChI is InChI=1S/C23H26N6OS/c1-4-9-19-25-20(30-28-19)15-31-23-27-26-22(18-12-8-13-24-14-18)29(23)21-16(5-2)10-7-11-17(21)6-3/h7-8,10-14H,4-6,9,15H2,1-3H3. The second-order valence-corrected chi connectivity index (χ2v) is 8.10. The van der Waals surface area contributed by atoms with Gasteiger partial charge in [0.2, 0.25) is 5.89 Å². The molecule has 0 aliphatic carbocycles. The van der Waals surface area contributed by atoms with E-state index < -0.39 is 0 Å². The number of hydrogen-bond acceptors (Lipinski definition) is 7. The van der Waals surface area contributed by atoms with E-state index in [1.165, 1.54) is 11.1 Å². The Morgan fingerprint density at radius 2 is 1.81 bits per heavy atom. The first kappa shape index (κ1) is 21.2. The molecule has 8 heteroatoms. The molecule has 0 atom stereocenters. The quantitative estimate of drug-likeness (QED) is 0.340. The fraction of sp³-hybridized carbons (Fsp3) is 0.348. The Kier molecular flexibility index (Phi) is 6.76. The highest BCUT2D eigenvalue weighted by Crippen LogP contribution is 2.33. The zero-order valence-corrected chi connectivity index (χ0v) is 18.9. The molecule has 0 fully saturated rings. The van der Waals surface area contributed by atoms with Crippen molar-refractivity contribution in [3.63, 3.8) is 0 Å². The molecule has 3 heterocycles. The number of aryl methyl sites for hydroxylation is 3. The van der Waals surface area contributed by atoms with E-state index in [0.29, 0.717) is 11.6 Å². The molecule has 7 nitrogen and oxygen atoms in total. The number of benzene rings is 1. The average Bonchev–Trinajstić information content (AvgIpc) is 3.44. The van der Waals surface area contributed by atoms with Gasteiger partial charge in [-0.3, -0.25) is 9.55 Å². The van der Waals surface area contributed by atoms with Crippen molar-refractivity contribution < 1.29 is 4.52 Å². The van der Waals surface area contributed by atoms with Gasteiger partial charge in [0.15, 0.2) is 16.8 Å². The summed E-state index contributed by atoms with van der Waals surface area (Å²) in [5, 5.41) is 13.9. The van der Waals surface area contributed by atoms with Crippen LogP contribution in [0.2, 0.25) is 0 Å². The summed E-state index contributed by atoms with van der Waals surface area (Å²) in [4.78, 5) is 8.77. The second-order valence-electron chi connectivity index (χ2n) is 7.16. The molecule has 3 aromatic heterocycles. The topological polar surface area (TPSA) is 82.5 Å². The van der Waals surface area contributed by atoms with Crippen LogP contribution in [0.25, 0.3) is 17.1 Å². The molecule has 1 aromatic carbocycles. The minimum Gasteiger partial charge on any atom is -0.338 e. The van der Waals surface area contributed by atoms with Crippen LogP contribution in [0.3, 0.4) is 0 Å². The van der Waals surface area contributed by atoms with E-state index in [1.54, 1.807) is 18.0 Å². The van der Waals surface area contributed by atoms with Crippen molar-refractivity contribution in [3.05, 3.63) is 65.6 Å². The lowest BCUT2D eigenvalue weighted by atomic mass is 10.0. The van der Waals surface area contributed by atoms with Crippen LogP contribution in [-0.4, -0.2) is 29.9 Å². The minimum atomic E-state index is 0.539. The van der Waals surface area contributed by atoms with Crippen molar-refractivity contribution in [2.24, 2.45) is 0 Å². The molecule has 4 rings (SSSR count). The first-order chi connectivity index (χ1) is 15.2. The van der Waals surface area contributed by atoms with E-state index in [4.69, 9.17) is 4.52 Å². The molecule has 0 radical (unpaired) electrons. The number of rotatable bonds is 9. The summed E-state index contributed by atoms with van der Waals surface area (Å²) >= 11 is 1.55. The lowest BCUT2D eigenvalue weighted by Crippen LogP contribution is -2.07. The minimum absolute atomic E-state index is 0.539. The Labute approximate surface area is 186 Å². The highest BCUT2D eigenvalue weighted by Gasteiger charge is 2.21. The molecule has 160 valence electrons. The molecule has 31 heavy (non-hydrogen) atoms. The Morgan fingerprint density at radius 3 is 2.48 bits per heavy atom. The highest BCUT2D eigenvalue weighted by atomic mass is 32.2. The van der Waals surface area contributed by atoms with Crippen molar-refractivity contribution in [2.45, 2.75) is 57.4 Å². The van der Waals surface area contributed by atoms with Crippen molar-refractivity contribution in [2.75, 3.05) is 0 Å². The maximum atomic E-state index is 5.42. The molecule has 0 aliphatic heterocycles. The second kappa shape index (κ2) is 9.87. The summed E-state index contributed by atoms with van der Waals surface area (Å²) in [5.74, 6) is 2.67. The summed E-state index contributed by atoms with van der Waals surface area (Å²) < 4.78 is 7.57. The molecular formula is C23H26N6OS. The molecular weight excluding hydrogens is 408 g/mol. The Bertz CT molecular complexity index is 1120. The Hall–Kier alpha value is -3.00. The molecule has 0 bridgehead atoms. The van der Waals surface area contributed by atoms with Gasteiger partial charge in [0.25, 0.3) is 0 Å². The molecule has 4 aromatic rings. The van der Waals surface area contributed by atoms with Gasteiger partial charge in [0, 0.05) is 24.4 Å². The lowest BCUT2D eigenvalue weighted by molar-refractivity contribution is 0.384. The van der Waals surface area contributed by atoms with Crippen LogP contribution in [0.5, 0.6) is 0 Å². The third kappa shape index (κ3) is 4.54. The number of aromatic nitrogens is 6. The molecule has 0 spiro atoms. The zero-order valence-electron chi connectivity index (χ0n) is 18.1. The molecule has 0 unspecified atom stereocenters. The number of hydrogen-bond donors (Lipinski definition) is 0. The number of thioether (sulfide) groups is 1. The van der Waals surface area contributed by atoms with Gasteiger partial charge in [-0.1, -0.05) is 55.9 Å². The van der Waals surface area contributed by atoms with E-state index in [2.05, 4.69) is 68.9 Å². The lowest BCUT2D eigenvalue weighted by Gasteiger charge is -2.17. The highest BCUT2D eigenvalue weighted by molar-refractivity contribution is 7.98. The summed E-state index contributed by atoms with van der Waals surface area (Å²) in [7, 11) is 0. The fourth-order valence-electron chi connectivity index (χ4n) is 3.55. The van der Waals surface area contributed by atoms with E-state index >= 15 is 0 Å². The van der Waals surface area contributed by atoms with Gasteiger partial charge in [-0.2, -0.15) is 4.98 Å². The zero-order chi connectivity index (χ0) is 21.6. The van der Waals surface area contributed by atoms with Crippen molar-refractivity contribution in [1.29, 1.82) is 0 Å². The number of nitrogens with zero attached hydrogens (tertiary/aromatic N) is 6. The molecule has 0 saturated heterocycles. The summed E-state index contributed by atoms with van der Waals surface area (Å²) in [6, 6.07) is 10.4. The normalized spacial score (nSPS) is 11.2. The van der Waals surface area contributed by atoms with Gasteiger partial charge in [0.1, 0.15) is 0 Å². The van der Waals surface area contributed by atoms with Crippen molar-refractivity contribution in [3.8, 4) is 17.1 Å². The van der Waals surface area contributed by atoms with Crippen LogP contribution in [-0.2, 0) is 25.0 Å². The van der Waals surface area contributed by atoms with Gasteiger partial charge in [0.05, 0.1) is 11.4 Å². The molecule has 0 N–H and O–H groups in total. The SMILES string of the molecule is CCCc1noc(CSc2nnc(-c3cccnc3)n2-c2c(CC)cccc2CC)n1. The van der Waals surface area contributed by atoms with Crippen LogP contribution >= 0.6 is 11.8 Å². The van der Waals surface area contributed by atoms with E-state index in [0.717, 1.165) is 53.7 Å². The van der Waals surface area contributed by atoms with Crippen LogP contribution in [0, 0.1) is 0 Å². The average molecular weight is 435 g/mol. The maximum Gasteiger partial charge on any atom is 0.237 e. The van der Waals surface area contributed by atoms with E-state index in [9.17, 15) is 0 Å². The van der Waals surface area contributed by atoms with Crippen molar-refractivity contribution in [1.82, 2.24) is 29.9 Å². The van der Waals surface area contributed by atoms with Crippen LogP contribution in [0.15, 0.2) is 52.4 Å². The van der Waals surface area contributed by atoms with E-state index in [-0.39, 0.29) is 0 Å². The summed E-state index contributed by atoms with van der Waals surface area (Å²) in [5.41, 5.74) is 4.59. The van der Waals surface area contributed by atoms with Gasteiger partial charge >= 0.3 is 0 Å². The van der Waals surface area contributed by atoms with Crippen LogP contribution in [0.1, 0.15) is 50.0 Å². The first-order valence-corrected chi connectivity index (χ1v) is 11.6. The number of pyridine rings is 1. The molecule has 0 saturated carbocycles. The third-order valence-corrected chi connectivity index (χ3v) is 5.96. The molecule has 0 aliphatic rings. The fourth-order valence-corrected chi connectivity index (χ4v) is 4.32. The van der Waals surface area contributed by atoms with Gasteiger partial charge in [-0.15, -0.1) is 10.2 Å². The Morgan fingerprint density at radius 1 is 1.00 bits per heavy atom. The van der Waals surface area contributed by atoms with Crippen LogP contribution in [0.4, 0.5) is 0 Å². The van der Waals surface area contributed by atoms with Gasteiger partial charge in [-0.25, -0.2) is 0 Å². The van der Waals surface area contributed by atoms with Gasteiger partial charge < -0.3 is 4.52 Å². The first-order valence-electron chi connectivity index (χ1n) is 10.7. The molecule has 0 amide bonds. The third-order valence-electron chi connectivity index (χ3n) is 5.05. The predicted molar refractivity (Wildman–Crippen MR) is 121 cm³/mol. The van der Waals surface area contributed by atoms with E-state index in [1.807, 2.05) is 18.3 Å². The van der Waals surface area contributed by atoms with Gasteiger partial charge in [-0.05, 0) is 42.5 Å². The predicted octanol–water partition coefficient (Wildman–Crippen LogP) is 5.08. The van der Waals surface area contributed by atoms with Crippen molar-refractivity contribution >= 4 is 11.8 Å². The maximum absolute atomic E-state index is 5.42. The Balaban J connectivity index is 1.77. The number of para-hydroxylation sites is 1. The summed E-state index contributed by atoms with van der Waals surface area (Å²) in [6.45, 7) is 6.45. The smallest absolute Gasteiger partial charge is 0.237 e.